The molecule has 0 unspecified atom stereocenters. The quantitative estimate of drug-likeness (QED) is 0.925. The summed E-state index contributed by atoms with van der Waals surface area (Å²) in [6.07, 6.45) is 5.21. The standard InChI is InChI=1S/C19H23N3O3/c1-13-10-17(23)18(14(2)21-13)19(24)22-8-5-16(6-9-22)25-12-15-4-3-7-20-11-15/h3-4,7,10-11,16H,5-6,8-9,12H2,1-2H3,(H,21,23). The number of rotatable bonds is 4. The van der Waals surface area contributed by atoms with E-state index >= 15 is 0 Å². The highest BCUT2D eigenvalue weighted by Crippen LogP contribution is 2.17. The molecule has 0 aromatic carbocycles. The fourth-order valence-electron chi connectivity index (χ4n) is 3.19. The van der Waals surface area contributed by atoms with E-state index in [9.17, 15) is 9.59 Å². The van der Waals surface area contributed by atoms with Gasteiger partial charge in [-0.15, -0.1) is 0 Å². The van der Waals surface area contributed by atoms with Crippen molar-refractivity contribution in [2.75, 3.05) is 13.1 Å². The zero-order valence-corrected chi connectivity index (χ0v) is 14.6. The van der Waals surface area contributed by atoms with Crippen molar-refractivity contribution in [3.63, 3.8) is 0 Å². The molecular formula is C19H23N3O3. The molecule has 2 aromatic heterocycles. The Morgan fingerprint density at radius 2 is 2.12 bits per heavy atom. The van der Waals surface area contributed by atoms with Crippen LogP contribution in [0.15, 0.2) is 35.4 Å². The van der Waals surface area contributed by atoms with Crippen LogP contribution in [0.25, 0.3) is 0 Å². The van der Waals surface area contributed by atoms with E-state index in [1.807, 2.05) is 19.1 Å². The van der Waals surface area contributed by atoms with Gasteiger partial charge in [-0.3, -0.25) is 14.6 Å². The van der Waals surface area contributed by atoms with Crippen molar-refractivity contribution < 1.29 is 9.53 Å². The monoisotopic (exact) mass is 341 g/mol. The molecule has 0 radical (unpaired) electrons. The van der Waals surface area contributed by atoms with Crippen LogP contribution < -0.4 is 5.43 Å². The number of aromatic amines is 1. The molecule has 2 aromatic rings. The minimum absolute atomic E-state index is 0.127. The number of H-pyrrole nitrogens is 1. The molecule has 1 N–H and O–H groups in total. The minimum atomic E-state index is -0.214. The van der Waals surface area contributed by atoms with Crippen molar-refractivity contribution in [3.8, 4) is 0 Å². The molecule has 0 aliphatic carbocycles. The Morgan fingerprint density at radius 1 is 1.36 bits per heavy atom. The van der Waals surface area contributed by atoms with Gasteiger partial charge in [0.05, 0.1) is 12.7 Å². The van der Waals surface area contributed by atoms with Crippen molar-refractivity contribution in [3.05, 3.63) is 63.3 Å². The summed E-state index contributed by atoms with van der Waals surface area (Å²) in [5.74, 6) is -0.190. The second-order valence-electron chi connectivity index (χ2n) is 6.48. The highest BCUT2D eigenvalue weighted by atomic mass is 16.5. The average molecular weight is 341 g/mol. The maximum Gasteiger partial charge on any atom is 0.259 e. The van der Waals surface area contributed by atoms with Crippen molar-refractivity contribution in [2.45, 2.75) is 39.4 Å². The Balaban J connectivity index is 1.57. The van der Waals surface area contributed by atoms with Gasteiger partial charge in [0, 0.05) is 42.9 Å². The van der Waals surface area contributed by atoms with Crippen LogP contribution >= 0.6 is 0 Å². The number of pyridine rings is 2. The molecule has 3 rings (SSSR count). The third kappa shape index (κ3) is 4.14. The van der Waals surface area contributed by atoms with Gasteiger partial charge < -0.3 is 14.6 Å². The number of carbonyl (C=O) groups excluding carboxylic acids is 1. The number of piperidine rings is 1. The molecule has 1 saturated heterocycles. The third-order valence-corrected chi connectivity index (χ3v) is 4.51. The first-order chi connectivity index (χ1) is 12.0. The van der Waals surface area contributed by atoms with Crippen LogP contribution in [0.1, 0.15) is 40.2 Å². The van der Waals surface area contributed by atoms with Crippen LogP contribution in [0.3, 0.4) is 0 Å². The second kappa shape index (κ2) is 7.61. The topological polar surface area (TPSA) is 75.3 Å². The summed E-state index contributed by atoms with van der Waals surface area (Å²) in [6.45, 7) is 5.31. The Bertz CT molecular complexity index is 793. The number of ether oxygens (including phenoxy) is 1. The first-order valence-corrected chi connectivity index (χ1v) is 8.55. The summed E-state index contributed by atoms with van der Waals surface area (Å²) >= 11 is 0. The molecule has 1 fully saturated rings. The summed E-state index contributed by atoms with van der Waals surface area (Å²) in [7, 11) is 0. The maximum atomic E-state index is 12.7. The van der Waals surface area contributed by atoms with Crippen LogP contribution in [-0.4, -0.2) is 40.0 Å². The van der Waals surface area contributed by atoms with E-state index < -0.39 is 0 Å². The van der Waals surface area contributed by atoms with Gasteiger partial charge in [0.2, 0.25) is 0 Å². The molecule has 132 valence electrons. The number of carbonyl (C=O) groups is 1. The summed E-state index contributed by atoms with van der Waals surface area (Å²) in [6, 6.07) is 5.35. The van der Waals surface area contributed by atoms with Crippen molar-refractivity contribution in [1.29, 1.82) is 0 Å². The molecule has 1 amide bonds. The lowest BCUT2D eigenvalue weighted by Gasteiger charge is -2.32. The zero-order valence-electron chi connectivity index (χ0n) is 14.6. The molecule has 25 heavy (non-hydrogen) atoms. The van der Waals surface area contributed by atoms with Crippen LogP contribution in [0.2, 0.25) is 0 Å². The Hall–Kier alpha value is -2.47. The van der Waals surface area contributed by atoms with Crippen LogP contribution in [0, 0.1) is 13.8 Å². The molecule has 1 aliphatic heterocycles. The molecule has 6 nitrogen and oxygen atoms in total. The fraction of sp³-hybridized carbons (Fsp3) is 0.421. The first kappa shape index (κ1) is 17.4. The van der Waals surface area contributed by atoms with E-state index in [0.29, 0.717) is 25.4 Å². The lowest BCUT2D eigenvalue weighted by Crippen LogP contribution is -2.42. The van der Waals surface area contributed by atoms with Crippen LogP contribution in [0.4, 0.5) is 0 Å². The highest BCUT2D eigenvalue weighted by Gasteiger charge is 2.26. The SMILES string of the molecule is Cc1cc(=O)c(C(=O)N2CCC(OCc3cccnc3)CC2)c(C)[nH]1. The average Bonchev–Trinajstić information content (AvgIpc) is 2.60. The minimum Gasteiger partial charge on any atom is -0.373 e. The molecule has 0 saturated carbocycles. The van der Waals surface area contributed by atoms with Crippen molar-refractivity contribution in [1.82, 2.24) is 14.9 Å². The number of nitrogens with one attached hydrogen (secondary N) is 1. The molecule has 3 heterocycles. The number of likely N-dealkylation sites (tertiary alicyclic amines) is 1. The number of aryl methyl sites for hydroxylation is 2. The van der Waals surface area contributed by atoms with Crippen LogP contribution in [0.5, 0.6) is 0 Å². The summed E-state index contributed by atoms with van der Waals surface area (Å²) in [4.78, 5) is 33.8. The first-order valence-electron chi connectivity index (χ1n) is 8.55. The van der Waals surface area contributed by atoms with Crippen molar-refractivity contribution in [2.24, 2.45) is 0 Å². The van der Waals surface area contributed by atoms with Crippen LogP contribution in [-0.2, 0) is 11.3 Å². The molecule has 6 heteroatoms. The van der Waals surface area contributed by atoms with Gasteiger partial charge in [-0.2, -0.15) is 0 Å². The lowest BCUT2D eigenvalue weighted by atomic mass is 10.1. The zero-order chi connectivity index (χ0) is 17.8. The Morgan fingerprint density at radius 3 is 2.76 bits per heavy atom. The van der Waals surface area contributed by atoms with Gasteiger partial charge in [-0.05, 0) is 38.3 Å². The van der Waals surface area contributed by atoms with Gasteiger partial charge in [0.25, 0.3) is 5.91 Å². The predicted molar refractivity (Wildman–Crippen MR) is 94.5 cm³/mol. The second-order valence-corrected chi connectivity index (χ2v) is 6.48. The van der Waals surface area contributed by atoms with Gasteiger partial charge in [0.1, 0.15) is 5.56 Å². The van der Waals surface area contributed by atoms with E-state index in [1.165, 1.54) is 6.07 Å². The van der Waals surface area contributed by atoms with E-state index in [-0.39, 0.29) is 23.0 Å². The number of hydrogen-bond donors (Lipinski definition) is 1. The smallest absolute Gasteiger partial charge is 0.259 e. The maximum absolute atomic E-state index is 12.7. The molecule has 0 atom stereocenters. The summed E-state index contributed by atoms with van der Waals surface area (Å²) in [5, 5.41) is 0. The van der Waals surface area contributed by atoms with Gasteiger partial charge in [-0.25, -0.2) is 0 Å². The lowest BCUT2D eigenvalue weighted by molar-refractivity contribution is -0.000519. The van der Waals surface area contributed by atoms with E-state index in [4.69, 9.17) is 4.74 Å². The predicted octanol–water partition coefficient (Wildman–Crippen LogP) is 2.21. The Kier molecular flexibility index (Phi) is 5.28. The Labute approximate surface area is 146 Å². The number of hydrogen-bond acceptors (Lipinski definition) is 4. The van der Waals surface area contributed by atoms with E-state index in [0.717, 1.165) is 24.1 Å². The third-order valence-electron chi connectivity index (χ3n) is 4.51. The van der Waals surface area contributed by atoms with Gasteiger partial charge in [-0.1, -0.05) is 6.07 Å². The fourth-order valence-corrected chi connectivity index (χ4v) is 3.19. The number of nitrogens with zero attached hydrogens (tertiary/aromatic N) is 2. The van der Waals surface area contributed by atoms with E-state index in [1.54, 1.807) is 24.2 Å². The van der Waals surface area contributed by atoms with E-state index in [2.05, 4.69) is 9.97 Å². The number of amides is 1. The molecular weight excluding hydrogens is 318 g/mol. The molecule has 0 bridgehead atoms. The highest BCUT2D eigenvalue weighted by molar-refractivity contribution is 5.95. The number of aromatic nitrogens is 2. The summed E-state index contributed by atoms with van der Waals surface area (Å²) < 4.78 is 5.92. The normalized spacial score (nSPS) is 15.4. The summed E-state index contributed by atoms with van der Waals surface area (Å²) in [5.41, 5.74) is 2.48. The van der Waals surface area contributed by atoms with Crippen molar-refractivity contribution >= 4 is 5.91 Å². The van der Waals surface area contributed by atoms with Gasteiger partial charge >= 0.3 is 0 Å². The molecule has 1 aliphatic rings. The van der Waals surface area contributed by atoms with Gasteiger partial charge in [0.15, 0.2) is 5.43 Å². The largest absolute Gasteiger partial charge is 0.373 e. The molecule has 0 spiro atoms.